The van der Waals surface area contributed by atoms with Crippen molar-refractivity contribution in [2.24, 2.45) is 10.8 Å². The molecule has 0 aromatic heterocycles. The standard InChI is InChI=1S/C44H48ClN5O7/c1-43(2)41(44(3,4)42(43)57-31-12-11-29(25-46)34(45)24-31)48-37(52)28-9-7-26(8-10-28)27-17-20-49(21-18-27)19-5-6-22-56-30-13-14-32-33(23-30)40(55)50(39(32)54)35-15-16-36(51)47-38(35)53/h7-14,23-24,27,35,41-42H,5-6,15-22H2,1-4H3,(H,48,52)(H,47,51,53). The number of nitriles is 1. The largest absolute Gasteiger partial charge is 0.494 e. The minimum absolute atomic E-state index is 0.0740. The Morgan fingerprint density at radius 2 is 1.58 bits per heavy atom. The smallest absolute Gasteiger partial charge is 0.262 e. The van der Waals surface area contributed by atoms with E-state index in [1.54, 1.807) is 36.4 Å². The summed E-state index contributed by atoms with van der Waals surface area (Å²) in [5.74, 6) is -0.716. The molecular formula is C44H48ClN5O7. The Morgan fingerprint density at radius 3 is 2.25 bits per heavy atom. The Hall–Kier alpha value is -5.25. The summed E-state index contributed by atoms with van der Waals surface area (Å²) in [6.07, 6.45) is 3.86. The molecule has 0 spiro atoms. The van der Waals surface area contributed by atoms with Crippen LogP contribution in [0.3, 0.4) is 0 Å². The lowest BCUT2D eigenvalue weighted by Gasteiger charge is -2.63. The van der Waals surface area contributed by atoms with Crippen LogP contribution in [0.5, 0.6) is 11.5 Å². The van der Waals surface area contributed by atoms with Gasteiger partial charge in [-0.2, -0.15) is 5.26 Å². The van der Waals surface area contributed by atoms with Gasteiger partial charge in [0.2, 0.25) is 11.8 Å². The van der Waals surface area contributed by atoms with E-state index < -0.39 is 29.7 Å². The fourth-order valence-corrected chi connectivity index (χ4v) is 9.59. The molecule has 1 saturated carbocycles. The molecule has 0 radical (unpaired) electrons. The third kappa shape index (κ3) is 7.88. The molecule has 5 amide bonds. The van der Waals surface area contributed by atoms with Gasteiger partial charge in [-0.1, -0.05) is 51.4 Å². The number of carbonyl (C=O) groups excluding carboxylic acids is 5. The first-order chi connectivity index (χ1) is 27.2. The van der Waals surface area contributed by atoms with E-state index in [1.165, 1.54) is 5.56 Å². The maximum Gasteiger partial charge on any atom is 0.262 e. The number of ether oxygens (including phenoxy) is 2. The molecule has 13 heteroatoms. The van der Waals surface area contributed by atoms with Gasteiger partial charge in [0.1, 0.15) is 29.7 Å². The molecule has 3 aromatic carbocycles. The number of imide groups is 2. The molecule has 1 aliphatic carbocycles. The van der Waals surface area contributed by atoms with Crippen LogP contribution in [-0.4, -0.2) is 83.8 Å². The Bertz CT molecular complexity index is 2120. The van der Waals surface area contributed by atoms with Gasteiger partial charge in [-0.15, -0.1) is 0 Å². The Balaban J connectivity index is 0.826. The Morgan fingerprint density at radius 1 is 0.895 bits per heavy atom. The SMILES string of the molecule is CC1(C)C(NC(=O)c2ccc(C3CCN(CCCCOc4ccc5c(c4)C(=O)N(C4CCC(=O)NC4=O)C5=O)CC3)cc2)C(C)(C)C1Oc1ccc(C#N)c(Cl)c1. The van der Waals surface area contributed by atoms with Crippen LogP contribution in [0.4, 0.5) is 0 Å². The van der Waals surface area contributed by atoms with Gasteiger partial charge < -0.3 is 19.7 Å². The second-order valence-electron chi connectivity index (χ2n) is 16.7. The van der Waals surface area contributed by atoms with Crippen molar-refractivity contribution in [1.29, 1.82) is 5.26 Å². The molecule has 57 heavy (non-hydrogen) atoms. The maximum atomic E-state index is 13.5. The normalized spacial score (nSPS) is 22.9. The van der Waals surface area contributed by atoms with Crippen molar-refractivity contribution in [2.75, 3.05) is 26.2 Å². The van der Waals surface area contributed by atoms with Crippen LogP contribution in [-0.2, 0) is 9.59 Å². The average molecular weight is 794 g/mol. The minimum Gasteiger partial charge on any atom is -0.494 e. The summed E-state index contributed by atoms with van der Waals surface area (Å²) < 4.78 is 12.3. The molecule has 3 fully saturated rings. The van der Waals surface area contributed by atoms with E-state index in [-0.39, 0.29) is 52.9 Å². The van der Waals surface area contributed by atoms with Crippen LogP contribution in [0.25, 0.3) is 0 Å². The lowest BCUT2D eigenvalue weighted by Crippen LogP contribution is -2.74. The number of nitrogens with one attached hydrogen (secondary N) is 2. The highest BCUT2D eigenvalue weighted by Gasteiger charge is 2.64. The first-order valence-electron chi connectivity index (χ1n) is 19.7. The van der Waals surface area contributed by atoms with Gasteiger partial charge >= 0.3 is 0 Å². The third-order valence-electron chi connectivity index (χ3n) is 12.2. The number of piperidine rings is 2. The summed E-state index contributed by atoms with van der Waals surface area (Å²) in [6, 6.07) is 18.8. The molecule has 3 aliphatic heterocycles. The molecule has 2 N–H and O–H groups in total. The number of likely N-dealkylation sites (tertiary alicyclic amines) is 1. The fourth-order valence-electron chi connectivity index (χ4n) is 9.37. The number of fused-ring (bicyclic) bond motifs is 1. The van der Waals surface area contributed by atoms with E-state index in [0.29, 0.717) is 40.2 Å². The maximum absolute atomic E-state index is 13.5. The first kappa shape index (κ1) is 40.0. The van der Waals surface area contributed by atoms with Crippen molar-refractivity contribution >= 4 is 41.1 Å². The van der Waals surface area contributed by atoms with Crippen molar-refractivity contribution in [1.82, 2.24) is 20.4 Å². The molecule has 1 unspecified atom stereocenters. The highest BCUT2D eigenvalue weighted by atomic mass is 35.5. The highest BCUT2D eigenvalue weighted by Crippen LogP contribution is 2.55. The van der Waals surface area contributed by atoms with E-state index in [4.69, 9.17) is 21.1 Å². The van der Waals surface area contributed by atoms with E-state index in [1.807, 2.05) is 12.1 Å². The Labute approximate surface area is 337 Å². The average Bonchev–Trinajstić information content (AvgIpc) is 3.43. The number of amides is 5. The van der Waals surface area contributed by atoms with Crippen LogP contribution < -0.4 is 20.1 Å². The number of hydrogen-bond acceptors (Lipinski definition) is 9. The number of carbonyl (C=O) groups is 5. The summed E-state index contributed by atoms with van der Waals surface area (Å²) in [5, 5.41) is 15.0. The summed E-state index contributed by atoms with van der Waals surface area (Å²) in [6.45, 7) is 11.8. The van der Waals surface area contributed by atoms with E-state index >= 15 is 0 Å². The zero-order valence-corrected chi connectivity index (χ0v) is 33.5. The van der Waals surface area contributed by atoms with Crippen LogP contribution >= 0.6 is 11.6 Å². The van der Waals surface area contributed by atoms with Gasteiger partial charge in [0.15, 0.2) is 0 Å². The molecule has 12 nitrogen and oxygen atoms in total. The van der Waals surface area contributed by atoms with Crippen molar-refractivity contribution in [2.45, 2.75) is 90.3 Å². The van der Waals surface area contributed by atoms with Crippen LogP contribution in [0, 0.1) is 22.2 Å². The van der Waals surface area contributed by atoms with Crippen molar-refractivity contribution in [3.63, 3.8) is 0 Å². The van der Waals surface area contributed by atoms with Crippen molar-refractivity contribution in [3.05, 3.63) is 93.5 Å². The number of nitrogens with zero attached hydrogens (tertiary/aromatic N) is 3. The van der Waals surface area contributed by atoms with Crippen molar-refractivity contribution < 1.29 is 33.4 Å². The molecule has 1 atom stereocenters. The first-order valence-corrected chi connectivity index (χ1v) is 20.0. The minimum atomic E-state index is -0.998. The molecule has 298 valence electrons. The molecule has 0 bridgehead atoms. The predicted molar refractivity (Wildman–Crippen MR) is 212 cm³/mol. The number of rotatable bonds is 12. The number of halogens is 1. The van der Waals surface area contributed by atoms with Gasteiger partial charge in [0.05, 0.1) is 28.3 Å². The lowest BCUT2D eigenvalue weighted by molar-refractivity contribution is -0.164. The van der Waals surface area contributed by atoms with E-state index in [9.17, 15) is 29.2 Å². The highest BCUT2D eigenvalue weighted by molar-refractivity contribution is 6.31. The molecule has 7 rings (SSSR count). The zero-order chi connectivity index (χ0) is 40.6. The van der Waals surface area contributed by atoms with Crippen LogP contribution in [0.15, 0.2) is 60.7 Å². The summed E-state index contributed by atoms with van der Waals surface area (Å²) in [4.78, 5) is 66.8. The van der Waals surface area contributed by atoms with Crippen LogP contribution in [0.2, 0.25) is 5.02 Å². The summed E-state index contributed by atoms with van der Waals surface area (Å²) in [5.41, 5.74) is 2.01. The third-order valence-corrected chi connectivity index (χ3v) is 12.5. The zero-order valence-electron chi connectivity index (χ0n) is 32.7. The monoisotopic (exact) mass is 793 g/mol. The van der Waals surface area contributed by atoms with Gasteiger partial charge in [0.25, 0.3) is 17.7 Å². The lowest BCUT2D eigenvalue weighted by atomic mass is 9.49. The van der Waals surface area contributed by atoms with Gasteiger partial charge in [-0.25, -0.2) is 0 Å². The number of unbranched alkanes of at least 4 members (excludes halogenated alkanes) is 1. The molecule has 3 aromatic rings. The topological polar surface area (TPSA) is 158 Å². The molecule has 2 saturated heterocycles. The number of hydrogen-bond donors (Lipinski definition) is 2. The molecule has 3 heterocycles. The second-order valence-corrected chi connectivity index (χ2v) is 17.2. The van der Waals surface area contributed by atoms with Gasteiger partial charge in [-0.05, 0) is 106 Å². The predicted octanol–water partition coefficient (Wildman–Crippen LogP) is 6.26. The van der Waals surface area contributed by atoms with Crippen molar-refractivity contribution in [3.8, 4) is 17.6 Å². The van der Waals surface area contributed by atoms with Crippen LogP contribution in [0.1, 0.15) is 114 Å². The quantitative estimate of drug-likeness (QED) is 0.160. The van der Waals surface area contributed by atoms with Gasteiger partial charge in [0, 0.05) is 34.9 Å². The second kappa shape index (κ2) is 15.9. The molecule has 4 aliphatic rings. The summed E-state index contributed by atoms with van der Waals surface area (Å²) >= 11 is 6.24. The molecular weight excluding hydrogens is 746 g/mol. The van der Waals surface area contributed by atoms with E-state index in [2.05, 4.69) is 61.4 Å². The van der Waals surface area contributed by atoms with E-state index in [0.717, 1.165) is 50.2 Å². The van der Waals surface area contributed by atoms with Gasteiger partial charge in [-0.3, -0.25) is 34.2 Å². The fraction of sp³-hybridized carbons (Fsp3) is 0.455. The number of benzene rings is 3. The summed E-state index contributed by atoms with van der Waals surface area (Å²) in [7, 11) is 0. The Kier molecular flexibility index (Phi) is 11.2.